The number of benzene rings is 1. The summed E-state index contributed by atoms with van der Waals surface area (Å²) in [6.45, 7) is 3.48. The Hall–Kier alpha value is -1.30. The number of halogens is 1. The fraction of sp³-hybridized carbons (Fsp3) is 0.500. The van der Waals surface area contributed by atoms with E-state index in [1.54, 1.807) is 0 Å². The van der Waals surface area contributed by atoms with Gasteiger partial charge in [0, 0.05) is 19.6 Å². The molecule has 3 rings (SSSR count). The van der Waals surface area contributed by atoms with Crippen LogP contribution in [0.25, 0.3) is 0 Å². The van der Waals surface area contributed by atoms with Crippen molar-refractivity contribution in [3.63, 3.8) is 0 Å². The first kappa shape index (κ1) is 15.1. The number of fused-ring (bicyclic) bond motifs is 2. The third kappa shape index (κ3) is 3.42. The van der Waals surface area contributed by atoms with Crippen LogP contribution in [0.3, 0.4) is 0 Å². The molecule has 5 nitrogen and oxygen atoms in total. The van der Waals surface area contributed by atoms with Gasteiger partial charge < -0.3 is 14.7 Å². The Morgan fingerprint density at radius 2 is 1.75 bits per heavy atom. The smallest absolute Gasteiger partial charge is 0.407 e. The Kier molecular flexibility index (Phi) is 4.86. The number of hydrogen-bond donors (Lipinski definition) is 1. The van der Waals surface area contributed by atoms with Gasteiger partial charge in [-0.1, -0.05) is 30.3 Å². The largest absolute Gasteiger partial charge is 0.465 e. The van der Waals surface area contributed by atoms with Gasteiger partial charge in [-0.05, 0) is 5.56 Å². The van der Waals surface area contributed by atoms with Gasteiger partial charge >= 0.3 is 6.09 Å². The molecule has 0 radical (unpaired) electrons. The lowest BCUT2D eigenvalue weighted by molar-refractivity contribution is -0.133. The molecule has 20 heavy (non-hydrogen) atoms. The monoisotopic (exact) mass is 298 g/mol. The second kappa shape index (κ2) is 6.43. The van der Waals surface area contributed by atoms with Crippen LogP contribution in [0.15, 0.2) is 30.3 Å². The zero-order valence-corrected chi connectivity index (χ0v) is 12.0. The van der Waals surface area contributed by atoms with E-state index in [1.807, 2.05) is 18.2 Å². The van der Waals surface area contributed by atoms with Crippen LogP contribution >= 0.6 is 12.4 Å². The number of hydrogen-bond acceptors (Lipinski definition) is 3. The molecule has 0 aromatic heterocycles. The third-order valence-corrected chi connectivity index (χ3v) is 3.68. The van der Waals surface area contributed by atoms with Gasteiger partial charge in [-0.15, -0.1) is 12.4 Å². The van der Waals surface area contributed by atoms with Crippen molar-refractivity contribution in [1.82, 2.24) is 9.80 Å². The fourth-order valence-corrected chi connectivity index (χ4v) is 2.90. The summed E-state index contributed by atoms with van der Waals surface area (Å²) < 4.78 is 5.82. The van der Waals surface area contributed by atoms with Crippen molar-refractivity contribution in [3.05, 3.63) is 35.9 Å². The average molecular weight is 299 g/mol. The maximum atomic E-state index is 11.0. The molecule has 2 fully saturated rings. The maximum Gasteiger partial charge on any atom is 0.407 e. The summed E-state index contributed by atoms with van der Waals surface area (Å²) in [5.74, 6) is 0. The molecule has 2 aliphatic rings. The van der Waals surface area contributed by atoms with Crippen LogP contribution in [0, 0.1) is 0 Å². The standard InChI is InChI=1S/C14H18N2O3.ClH/c17-14(18)16-9-12-7-15(8-13(10-16)19-12)6-11-4-2-1-3-5-11;/h1-5,12-13H,6-10H2,(H,17,18);1H. The molecule has 1 N–H and O–H groups in total. The van der Waals surface area contributed by atoms with Crippen LogP contribution in [-0.2, 0) is 11.3 Å². The minimum Gasteiger partial charge on any atom is -0.465 e. The Morgan fingerprint density at radius 1 is 1.15 bits per heavy atom. The quantitative estimate of drug-likeness (QED) is 0.902. The summed E-state index contributed by atoms with van der Waals surface area (Å²) >= 11 is 0. The number of ether oxygens (including phenoxy) is 1. The van der Waals surface area contributed by atoms with Gasteiger partial charge in [-0.25, -0.2) is 4.79 Å². The molecule has 2 aliphatic heterocycles. The average Bonchev–Trinajstić information content (AvgIpc) is 2.38. The number of rotatable bonds is 2. The number of carbonyl (C=O) groups is 1. The normalized spacial score (nSPS) is 25.9. The molecule has 0 aliphatic carbocycles. The molecule has 2 unspecified atom stereocenters. The van der Waals surface area contributed by atoms with Crippen LogP contribution in [-0.4, -0.2) is 59.4 Å². The van der Waals surface area contributed by atoms with Crippen LogP contribution < -0.4 is 0 Å². The minimum atomic E-state index is -0.838. The highest BCUT2D eigenvalue weighted by molar-refractivity contribution is 5.85. The molecule has 1 aromatic rings. The van der Waals surface area contributed by atoms with E-state index in [0.717, 1.165) is 19.6 Å². The first-order chi connectivity index (χ1) is 9.20. The number of morpholine rings is 2. The Morgan fingerprint density at radius 3 is 2.30 bits per heavy atom. The SMILES string of the molecule is Cl.O=C(O)N1CC2CN(Cc3ccccc3)CC(C1)O2. The van der Waals surface area contributed by atoms with Gasteiger partial charge in [0.2, 0.25) is 0 Å². The molecule has 6 heteroatoms. The zero-order valence-electron chi connectivity index (χ0n) is 11.1. The van der Waals surface area contributed by atoms with Crippen LogP contribution in [0.4, 0.5) is 4.79 Å². The van der Waals surface area contributed by atoms with Crippen molar-refractivity contribution in [2.45, 2.75) is 18.8 Å². The molecule has 2 heterocycles. The highest BCUT2D eigenvalue weighted by Gasteiger charge is 2.36. The third-order valence-electron chi connectivity index (χ3n) is 3.68. The summed E-state index contributed by atoms with van der Waals surface area (Å²) in [7, 11) is 0. The van der Waals surface area contributed by atoms with Gasteiger partial charge in [0.05, 0.1) is 25.3 Å². The highest BCUT2D eigenvalue weighted by atomic mass is 35.5. The predicted molar refractivity (Wildman–Crippen MR) is 77.2 cm³/mol. The minimum absolute atomic E-state index is 0. The van der Waals surface area contributed by atoms with Crippen molar-refractivity contribution in [3.8, 4) is 0 Å². The van der Waals surface area contributed by atoms with Crippen molar-refractivity contribution in [2.24, 2.45) is 0 Å². The van der Waals surface area contributed by atoms with E-state index >= 15 is 0 Å². The maximum absolute atomic E-state index is 11.0. The van der Waals surface area contributed by atoms with Crippen LogP contribution in [0.2, 0.25) is 0 Å². The van der Waals surface area contributed by atoms with Crippen LogP contribution in [0.5, 0.6) is 0 Å². The lowest BCUT2D eigenvalue weighted by Crippen LogP contribution is -2.60. The van der Waals surface area contributed by atoms with E-state index in [2.05, 4.69) is 17.0 Å². The van der Waals surface area contributed by atoms with Crippen molar-refractivity contribution < 1.29 is 14.6 Å². The highest BCUT2D eigenvalue weighted by Crippen LogP contribution is 2.20. The summed E-state index contributed by atoms with van der Waals surface area (Å²) in [5, 5.41) is 9.05. The van der Waals surface area contributed by atoms with Crippen molar-refractivity contribution in [1.29, 1.82) is 0 Å². The second-order valence-electron chi connectivity index (χ2n) is 5.25. The molecule has 1 aromatic carbocycles. The molecule has 2 saturated heterocycles. The number of amides is 1. The fourth-order valence-electron chi connectivity index (χ4n) is 2.90. The Bertz CT molecular complexity index is 443. The molecular formula is C14H19ClN2O3. The summed E-state index contributed by atoms with van der Waals surface area (Å²) in [5.41, 5.74) is 1.29. The molecule has 1 amide bonds. The molecule has 110 valence electrons. The van der Waals surface area contributed by atoms with Gasteiger partial charge in [-0.3, -0.25) is 4.90 Å². The second-order valence-corrected chi connectivity index (χ2v) is 5.25. The van der Waals surface area contributed by atoms with E-state index in [1.165, 1.54) is 10.5 Å². The predicted octanol–water partition coefficient (Wildman–Crippen LogP) is 1.67. The number of carboxylic acid groups (broad SMARTS) is 1. The topological polar surface area (TPSA) is 53.0 Å². The first-order valence-corrected chi connectivity index (χ1v) is 6.60. The molecule has 2 bridgehead atoms. The van der Waals surface area contributed by atoms with E-state index in [9.17, 15) is 4.79 Å². The van der Waals surface area contributed by atoms with Crippen LogP contribution in [0.1, 0.15) is 5.56 Å². The zero-order chi connectivity index (χ0) is 13.2. The van der Waals surface area contributed by atoms with E-state index in [0.29, 0.717) is 13.1 Å². The number of nitrogens with zero attached hydrogens (tertiary/aromatic N) is 2. The van der Waals surface area contributed by atoms with Gasteiger partial charge in [0.15, 0.2) is 0 Å². The van der Waals surface area contributed by atoms with Gasteiger partial charge in [-0.2, -0.15) is 0 Å². The first-order valence-electron chi connectivity index (χ1n) is 6.60. The lowest BCUT2D eigenvalue weighted by Gasteiger charge is -2.44. The summed E-state index contributed by atoms with van der Waals surface area (Å²) in [6, 6.07) is 10.3. The Balaban J connectivity index is 0.00000147. The molecule has 0 spiro atoms. The van der Waals surface area contributed by atoms with Crippen molar-refractivity contribution in [2.75, 3.05) is 26.2 Å². The van der Waals surface area contributed by atoms with E-state index in [4.69, 9.17) is 9.84 Å². The van der Waals surface area contributed by atoms with E-state index in [-0.39, 0.29) is 24.6 Å². The summed E-state index contributed by atoms with van der Waals surface area (Å²) in [4.78, 5) is 14.8. The van der Waals surface area contributed by atoms with Gasteiger partial charge in [0.25, 0.3) is 0 Å². The van der Waals surface area contributed by atoms with E-state index < -0.39 is 6.09 Å². The Labute approximate surface area is 124 Å². The molecular weight excluding hydrogens is 280 g/mol. The molecule has 0 saturated carbocycles. The molecule has 2 atom stereocenters. The lowest BCUT2D eigenvalue weighted by atomic mass is 10.1. The summed E-state index contributed by atoms with van der Waals surface area (Å²) in [6.07, 6.45) is -0.825. The van der Waals surface area contributed by atoms with Gasteiger partial charge in [0.1, 0.15) is 0 Å². The van der Waals surface area contributed by atoms with Crippen molar-refractivity contribution >= 4 is 18.5 Å².